The van der Waals surface area contributed by atoms with Crippen molar-refractivity contribution in [1.82, 2.24) is 0 Å². The first kappa shape index (κ1) is 11.9. The lowest BCUT2D eigenvalue weighted by atomic mass is 9.88. The molecule has 0 N–H and O–H groups in total. The van der Waals surface area contributed by atoms with Crippen molar-refractivity contribution in [1.29, 1.82) is 0 Å². The van der Waals surface area contributed by atoms with Gasteiger partial charge < -0.3 is 0 Å². The lowest BCUT2D eigenvalue weighted by molar-refractivity contribution is 0.671. The smallest absolute Gasteiger partial charge is 0.0467 e. The summed E-state index contributed by atoms with van der Waals surface area (Å²) < 4.78 is 0. The van der Waals surface area contributed by atoms with Crippen LogP contribution >= 0.6 is 0 Å². The van der Waals surface area contributed by atoms with Gasteiger partial charge in [-0.3, -0.25) is 0 Å². The maximum absolute atomic E-state index is 7.42. The quantitative estimate of drug-likeness (QED) is 0.638. The molecule has 0 aliphatic rings. The van der Waals surface area contributed by atoms with Crippen LogP contribution < -0.4 is 0 Å². The average molecular weight is 199 g/mol. The first-order valence-electron chi connectivity index (χ1n) is 5.69. The summed E-state index contributed by atoms with van der Waals surface area (Å²) in [6.07, 6.45) is 10.8. The van der Waals surface area contributed by atoms with E-state index in [0.717, 1.165) is 6.42 Å². The van der Waals surface area contributed by atoms with E-state index in [9.17, 15) is 0 Å². The Labute approximate surface area is 93.7 Å². The summed E-state index contributed by atoms with van der Waals surface area (Å²) in [6.45, 7) is 6.43. The number of unbranched alkanes of at least 4 members (excludes halogenated alkanes) is 1. The topological polar surface area (TPSA) is 0 Å². The Balaban J connectivity index is 2.97. The second-order valence-electron chi connectivity index (χ2n) is 4.14. The van der Waals surface area contributed by atoms with E-state index in [0.29, 0.717) is 0 Å². The van der Waals surface area contributed by atoms with E-state index < -0.39 is 0 Å². The van der Waals surface area contributed by atoms with Gasteiger partial charge in [0, 0.05) is 5.92 Å². The number of hydrogen-bond acceptors (Lipinski definition) is 0. The molecule has 1 aromatic carbocycles. The molecule has 79 valence electrons. The van der Waals surface area contributed by atoms with E-state index in [1.165, 1.54) is 29.5 Å². The Bertz CT molecular complexity index is 335. The molecule has 0 spiro atoms. The zero-order valence-corrected chi connectivity index (χ0v) is 9.93. The predicted molar refractivity (Wildman–Crippen MR) is 65.3 cm³/mol. The highest BCUT2D eigenvalue weighted by Crippen LogP contribution is 2.27. The third-order valence-corrected chi connectivity index (χ3v) is 2.91. The van der Waals surface area contributed by atoms with Crippen molar-refractivity contribution >= 4 is 0 Å². The fourth-order valence-corrected chi connectivity index (χ4v) is 2.07. The summed E-state index contributed by atoms with van der Waals surface area (Å²) in [5, 5.41) is 0. The van der Waals surface area contributed by atoms with Crippen molar-refractivity contribution < 1.29 is 0 Å². The maximum Gasteiger partial charge on any atom is 0.0467 e. The summed E-state index contributed by atoms with van der Waals surface area (Å²) in [6, 6.07) is 6.33. The Morgan fingerprint density at radius 1 is 1.27 bits per heavy atom. The van der Waals surface area contributed by atoms with Gasteiger partial charge in [0.1, 0.15) is 0 Å². The van der Waals surface area contributed by atoms with Crippen molar-refractivity contribution in [2.75, 3.05) is 0 Å². The van der Waals surface area contributed by atoms with E-state index in [4.69, 9.17) is 6.42 Å². The zero-order chi connectivity index (χ0) is 11.3. The van der Waals surface area contributed by atoms with Crippen LogP contribution in [0.3, 0.4) is 0 Å². The Kier molecular flexibility index (Phi) is 4.43. The highest BCUT2D eigenvalue weighted by molar-refractivity contribution is 5.39. The monoisotopic (exact) mass is 199 g/mol. The molecule has 0 aromatic heterocycles. The third-order valence-electron chi connectivity index (χ3n) is 2.91. The minimum Gasteiger partial charge on any atom is -0.0809 e. The maximum atomic E-state index is 7.42. The van der Waals surface area contributed by atoms with E-state index in [-0.39, 0.29) is 5.92 Å². The van der Waals surface area contributed by atoms with Crippen LogP contribution in [0.5, 0.6) is 0 Å². The molecule has 1 rings (SSSR count). The van der Waals surface area contributed by atoms with Gasteiger partial charge in [-0.25, -0.2) is 0 Å². The van der Waals surface area contributed by atoms with Crippen LogP contribution in [0.25, 0.3) is 0 Å². The average Bonchev–Trinajstić information content (AvgIpc) is 2.22. The molecule has 1 atom stereocenters. The highest BCUT2D eigenvalue weighted by Gasteiger charge is 2.12. The first-order valence-corrected chi connectivity index (χ1v) is 5.69. The number of rotatable bonds is 4. The van der Waals surface area contributed by atoms with Gasteiger partial charge in [-0.1, -0.05) is 43.9 Å². The molecule has 0 heterocycles. The molecule has 0 heteroatoms. The Morgan fingerprint density at radius 3 is 2.33 bits per heavy atom. The molecule has 0 amide bonds. The molecule has 0 aliphatic heterocycles. The van der Waals surface area contributed by atoms with Gasteiger partial charge in [-0.2, -0.15) is 0 Å². The summed E-state index contributed by atoms with van der Waals surface area (Å²) in [5.74, 6) is 2.87. The molecule has 1 aromatic rings. The lowest BCUT2D eigenvalue weighted by Crippen LogP contribution is -2.01. The van der Waals surface area contributed by atoms with Crippen LogP contribution in [0.2, 0.25) is 0 Å². The normalized spacial score (nSPS) is 12.1. The SMILES string of the molecule is [C]#CC(CCCC)c1c(C)cccc1C. The van der Waals surface area contributed by atoms with E-state index in [2.05, 4.69) is 44.9 Å². The predicted octanol–water partition coefficient (Wildman–Crippen LogP) is 4.17. The van der Waals surface area contributed by atoms with Crippen molar-refractivity contribution in [2.45, 2.75) is 46.0 Å². The van der Waals surface area contributed by atoms with Crippen molar-refractivity contribution in [2.24, 2.45) is 0 Å². The van der Waals surface area contributed by atoms with Crippen molar-refractivity contribution in [3.8, 4) is 5.92 Å². The Morgan fingerprint density at radius 2 is 1.87 bits per heavy atom. The zero-order valence-electron chi connectivity index (χ0n) is 9.93. The summed E-state index contributed by atoms with van der Waals surface area (Å²) in [4.78, 5) is 0. The molecule has 0 nitrogen and oxygen atoms in total. The third kappa shape index (κ3) is 2.86. The molecule has 0 saturated heterocycles. The minimum atomic E-state index is 0.186. The van der Waals surface area contributed by atoms with E-state index in [1.54, 1.807) is 0 Å². The number of aryl methyl sites for hydroxylation is 2. The van der Waals surface area contributed by atoms with E-state index >= 15 is 0 Å². The minimum absolute atomic E-state index is 0.186. The molecule has 0 fully saturated rings. The summed E-state index contributed by atoms with van der Waals surface area (Å²) >= 11 is 0. The molecule has 1 radical (unpaired) electrons. The number of hydrogen-bond donors (Lipinski definition) is 0. The molecular weight excluding hydrogens is 180 g/mol. The van der Waals surface area contributed by atoms with Crippen LogP contribution in [-0.2, 0) is 0 Å². The van der Waals surface area contributed by atoms with Gasteiger partial charge in [0.05, 0.1) is 0 Å². The van der Waals surface area contributed by atoms with Crippen LogP contribution in [0.1, 0.15) is 48.8 Å². The fourth-order valence-electron chi connectivity index (χ4n) is 2.07. The van der Waals surface area contributed by atoms with Gasteiger partial charge in [0.25, 0.3) is 0 Å². The standard InChI is InChI=1S/C15H19/c1-5-7-11-14(6-2)15-12(3)9-8-10-13(15)4/h8-10,14H,5,7,11H2,1,3-4H3. The summed E-state index contributed by atoms with van der Waals surface area (Å²) in [7, 11) is 0. The largest absolute Gasteiger partial charge is 0.0809 e. The second-order valence-corrected chi connectivity index (χ2v) is 4.14. The van der Waals surface area contributed by atoms with Crippen LogP contribution in [-0.4, -0.2) is 0 Å². The second kappa shape index (κ2) is 5.61. The van der Waals surface area contributed by atoms with Crippen LogP contribution in [0, 0.1) is 26.2 Å². The molecule has 15 heavy (non-hydrogen) atoms. The fraction of sp³-hybridized carbons (Fsp3) is 0.467. The van der Waals surface area contributed by atoms with Crippen molar-refractivity contribution in [3.05, 3.63) is 41.3 Å². The van der Waals surface area contributed by atoms with Crippen LogP contribution in [0.15, 0.2) is 18.2 Å². The summed E-state index contributed by atoms with van der Waals surface area (Å²) in [5.41, 5.74) is 3.88. The lowest BCUT2D eigenvalue weighted by Gasteiger charge is -2.16. The molecular formula is C15H19. The highest BCUT2D eigenvalue weighted by atomic mass is 14.2. The van der Waals surface area contributed by atoms with E-state index in [1.807, 2.05) is 0 Å². The molecule has 0 bridgehead atoms. The van der Waals surface area contributed by atoms with Gasteiger partial charge in [-0.15, -0.1) is 0 Å². The molecule has 0 saturated carbocycles. The molecule has 1 unspecified atom stereocenters. The van der Waals surface area contributed by atoms with Gasteiger partial charge in [-0.05, 0) is 43.4 Å². The first-order chi connectivity index (χ1) is 7.20. The number of benzene rings is 1. The van der Waals surface area contributed by atoms with Gasteiger partial charge >= 0.3 is 0 Å². The Hall–Kier alpha value is -1.22. The molecule has 0 aliphatic carbocycles. The van der Waals surface area contributed by atoms with Gasteiger partial charge in [0.2, 0.25) is 0 Å². The van der Waals surface area contributed by atoms with Gasteiger partial charge in [0.15, 0.2) is 0 Å². The van der Waals surface area contributed by atoms with Crippen LogP contribution in [0.4, 0.5) is 0 Å². The van der Waals surface area contributed by atoms with Crippen molar-refractivity contribution in [3.63, 3.8) is 0 Å².